The second-order valence-electron chi connectivity index (χ2n) is 6.81. The SMILES string of the molecule is CC(C)N(C[C@H]1CCCN1C(=O)OC(C)(C)C)C(=O)CN. The summed E-state index contributed by atoms with van der Waals surface area (Å²) in [5.41, 5.74) is 4.96. The van der Waals surface area contributed by atoms with E-state index >= 15 is 0 Å². The van der Waals surface area contributed by atoms with Crippen LogP contribution in [-0.4, -0.2) is 59.1 Å². The molecule has 1 rings (SSSR count). The van der Waals surface area contributed by atoms with Gasteiger partial charge in [-0.15, -0.1) is 0 Å². The number of hydrogen-bond donors (Lipinski definition) is 1. The Hall–Kier alpha value is -1.30. The van der Waals surface area contributed by atoms with Crippen molar-refractivity contribution >= 4 is 12.0 Å². The first kappa shape index (κ1) is 17.8. The number of carbonyl (C=O) groups excluding carboxylic acids is 2. The van der Waals surface area contributed by atoms with Gasteiger partial charge < -0.3 is 20.3 Å². The Kier molecular flexibility index (Phi) is 6.01. The van der Waals surface area contributed by atoms with Gasteiger partial charge in [0.15, 0.2) is 0 Å². The van der Waals surface area contributed by atoms with Crippen LogP contribution in [0.2, 0.25) is 0 Å². The maximum Gasteiger partial charge on any atom is 0.410 e. The van der Waals surface area contributed by atoms with Crippen LogP contribution in [0.3, 0.4) is 0 Å². The molecule has 2 amide bonds. The van der Waals surface area contributed by atoms with Crippen LogP contribution in [0, 0.1) is 0 Å². The molecule has 0 saturated carbocycles. The molecule has 0 aromatic heterocycles. The zero-order valence-electron chi connectivity index (χ0n) is 13.9. The second-order valence-corrected chi connectivity index (χ2v) is 6.81. The van der Waals surface area contributed by atoms with Gasteiger partial charge in [-0.2, -0.15) is 0 Å². The predicted octanol–water partition coefficient (Wildman–Crippen LogP) is 1.58. The summed E-state index contributed by atoms with van der Waals surface area (Å²) < 4.78 is 5.44. The third kappa shape index (κ3) is 5.19. The van der Waals surface area contributed by atoms with Gasteiger partial charge >= 0.3 is 6.09 Å². The van der Waals surface area contributed by atoms with Gasteiger partial charge in [0, 0.05) is 19.1 Å². The highest BCUT2D eigenvalue weighted by Gasteiger charge is 2.34. The summed E-state index contributed by atoms with van der Waals surface area (Å²) in [6.07, 6.45) is 1.53. The topological polar surface area (TPSA) is 75.9 Å². The highest BCUT2D eigenvalue weighted by molar-refractivity contribution is 5.78. The van der Waals surface area contributed by atoms with Crippen LogP contribution in [0.1, 0.15) is 47.5 Å². The molecule has 0 radical (unpaired) electrons. The van der Waals surface area contributed by atoms with Crippen molar-refractivity contribution < 1.29 is 14.3 Å². The molecule has 0 aromatic rings. The molecular weight excluding hydrogens is 270 g/mol. The molecule has 1 heterocycles. The molecule has 1 saturated heterocycles. The van der Waals surface area contributed by atoms with Gasteiger partial charge in [0.1, 0.15) is 5.60 Å². The minimum absolute atomic E-state index is 0.00264. The Morgan fingerprint density at radius 3 is 2.48 bits per heavy atom. The van der Waals surface area contributed by atoms with Crippen molar-refractivity contribution in [2.45, 2.75) is 65.1 Å². The highest BCUT2D eigenvalue weighted by atomic mass is 16.6. The fourth-order valence-electron chi connectivity index (χ4n) is 2.53. The Bertz CT molecular complexity index is 377. The number of nitrogens with two attached hydrogens (primary N) is 1. The van der Waals surface area contributed by atoms with Gasteiger partial charge in [0.25, 0.3) is 0 Å². The number of carbonyl (C=O) groups is 2. The average molecular weight is 299 g/mol. The molecule has 0 bridgehead atoms. The Morgan fingerprint density at radius 2 is 2.00 bits per heavy atom. The maximum atomic E-state index is 12.2. The fourth-order valence-corrected chi connectivity index (χ4v) is 2.53. The lowest BCUT2D eigenvalue weighted by molar-refractivity contribution is -0.132. The van der Waals surface area contributed by atoms with E-state index in [9.17, 15) is 9.59 Å². The van der Waals surface area contributed by atoms with Crippen LogP contribution in [0.4, 0.5) is 4.79 Å². The van der Waals surface area contributed by atoms with Crippen LogP contribution in [0.5, 0.6) is 0 Å². The van der Waals surface area contributed by atoms with E-state index in [4.69, 9.17) is 10.5 Å². The zero-order valence-corrected chi connectivity index (χ0v) is 13.9. The molecule has 0 spiro atoms. The summed E-state index contributed by atoms with van der Waals surface area (Å²) in [6, 6.07) is 0.0832. The minimum Gasteiger partial charge on any atom is -0.444 e. The molecule has 0 aliphatic carbocycles. The number of likely N-dealkylation sites (tertiary alicyclic amines) is 1. The molecule has 21 heavy (non-hydrogen) atoms. The first-order chi connectivity index (χ1) is 9.65. The van der Waals surface area contributed by atoms with Crippen molar-refractivity contribution in [1.29, 1.82) is 0 Å². The number of ether oxygens (including phenoxy) is 1. The largest absolute Gasteiger partial charge is 0.444 e. The van der Waals surface area contributed by atoms with Crippen LogP contribution in [-0.2, 0) is 9.53 Å². The summed E-state index contributed by atoms with van der Waals surface area (Å²) in [5.74, 6) is -0.0824. The van der Waals surface area contributed by atoms with E-state index in [-0.39, 0.29) is 30.6 Å². The van der Waals surface area contributed by atoms with Crippen molar-refractivity contribution in [3.05, 3.63) is 0 Å². The molecule has 1 aliphatic rings. The predicted molar refractivity (Wildman–Crippen MR) is 81.9 cm³/mol. The normalized spacial score (nSPS) is 19.0. The maximum absolute atomic E-state index is 12.2. The molecule has 1 atom stereocenters. The van der Waals surface area contributed by atoms with E-state index in [0.29, 0.717) is 13.1 Å². The fraction of sp³-hybridized carbons (Fsp3) is 0.867. The summed E-state index contributed by atoms with van der Waals surface area (Å²) in [4.78, 5) is 27.6. The van der Waals surface area contributed by atoms with E-state index in [1.54, 1.807) is 9.80 Å². The van der Waals surface area contributed by atoms with Gasteiger partial charge in [0.05, 0.1) is 12.6 Å². The zero-order chi connectivity index (χ0) is 16.2. The lowest BCUT2D eigenvalue weighted by atomic mass is 10.1. The van der Waals surface area contributed by atoms with Crippen molar-refractivity contribution in [2.24, 2.45) is 5.73 Å². The first-order valence-electron chi connectivity index (χ1n) is 7.65. The Balaban J connectivity index is 2.72. The summed E-state index contributed by atoms with van der Waals surface area (Å²) >= 11 is 0. The van der Waals surface area contributed by atoms with Crippen LogP contribution in [0.25, 0.3) is 0 Å². The minimum atomic E-state index is -0.505. The second kappa shape index (κ2) is 7.11. The lowest BCUT2D eigenvalue weighted by Gasteiger charge is -2.34. The Morgan fingerprint density at radius 1 is 1.38 bits per heavy atom. The molecule has 0 unspecified atom stereocenters. The third-order valence-corrected chi connectivity index (χ3v) is 3.53. The van der Waals surface area contributed by atoms with Gasteiger partial charge in [-0.1, -0.05) is 0 Å². The van der Waals surface area contributed by atoms with E-state index in [1.807, 2.05) is 34.6 Å². The van der Waals surface area contributed by atoms with Crippen LogP contribution < -0.4 is 5.73 Å². The monoisotopic (exact) mass is 299 g/mol. The lowest BCUT2D eigenvalue weighted by Crippen LogP contribution is -2.50. The van der Waals surface area contributed by atoms with E-state index in [0.717, 1.165) is 12.8 Å². The van der Waals surface area contributed by atoms with Crippen LogP contribution in [0.15, 0.2) is 0 Å². The molecule has 2 N–H and O–H groups in total. The summed E-state index contributed by atoms with van der Waals surface area (Å²) in [5, 5.41) is 0. The number of amides is 2. The van der Waals surface area contributed by atoms with Gasteiger partial charge in [-0.05, 0) is 47.5 Å². The molecular formula is C15H29N3O3. The smallest absolute Gasteiger partial charge is 0.410 e. The van der Waals surface area contributed by atoms with Gasteiger partial charge in [0.2, 0.25) is 5.91 Å². The first-order valence-corrected chi connectivity index (χ1v) is 7.65. The Labute approximate surface area is 127 Å². The molecule has 1 fully saturated rings. The average Bonchev–Trinajstić information content (AvgIpc) is 2.80. The van der Waals surface area contributed by atoms with Crippen molar-refractivity contribution in [2.75, 3.05) is 19.6 Å². The van der Waals surface area contributed by atoms with E-state index < -0.39 is 5.60 Å². The van der Waals surface area contributed by atoms with Gasteiger partial charge in [-0.25, -0.2) is 4.79 Å². The summed E-state index contributed by atoms with van der Waals surface area (Å²) in [7, 11) is 0. The van der Waals surface area contributed by atoms with E-state index in [2.05, 4.69) is 0 Å². The quantitative estimate of drug-likeness (QED) is 0.855. The molecule has 122 valence electrons. The van der Waals surface area contributed by atoms with E-state index in [1.165, 1.54) is 0 Å². The number of rotatable bonds is 4. The summed E-state index contributed by atoms with van der Waals surface area (Å²) in [6.45, 7) is 10.7. The standard InChI is InChI=1S/C15H29N3O3/c1-11(2)18(13(19)9-16)10-12-7-6-8-17(12)14(20)21-15(3,4)5/h11-12H,6-10,16H2,1-5H3/t12-/m1/s1. The van der Waals surface area contributed by atoms with Gasteiger partial charge in [-0.3, -0.25) is 4.79 Å². The molecule has 6 nitrogen and oxygen atoms in total. The third-order valence-electron chi connectivity index (χ3n) is 3.53. The van der Waals surface area contributed by atoms with Crippen molar-refractivity contribution in [3.8, 4) is 0 Å². The number of hydrogen-bond acceptors (Lipinski definition) is 4. The number of nitrogens with zero attached hydrogens (tertiary/aromatic N) is 2. The highest BCUT2D eigenvalue weighted by Crippen LogP contribution is 2.22. The van der Waals surface area contributed by atoms with Crippen LogP contribution >= 0.6 is 0 Å². The molecule has 1 aliphatic heterocycles. The molecule has 6 heteroatoms. The van der Waals surface area contributed by atoms with Crippen molar-refractivity contribution in [3.63, 3.8) is 0 Å². The van der Waals surface area contributed by atoms with Crippen molar-refractivity contribution in [1.82, 2.24) is 9.80 Å². The molecule has 0 aromatic carbocycles.